The van der Waals surface area contributed by atoms with Crippen molar-refractivity contribution in [2.45, 2.75) is 44.0 Å². The van der Waals surface area contributed by atoms with E-state index in [2.05, 4.69) is 0 Å². The molecule has 2 saturated heterocycles. The van der Waals surface area contributed by atoms with E-state index in [-0.39, 0.29) is 34.4 Å². The van der Waals surface area contributed by atoms with E-state index in [1.165, 1.54) is 23.5 Å². The van der Waals surface area contributed by atoms with Crippen LogP contribution in [0.15, 0.2) is 23.1 Å². The molecular formula is C19H27FN2O4S. The number of benzene rings is 1. The van der Waals surface area contributed by atoms with Gasteiger partial charge in [0.15, 0.2) is 11.6 Å². The summed E-state index contributed by atoms with van der Waals surface area (Å²) in [6.45, 7) is 5.39. The lowest BCUT2D eigenvalue weighted by atomic mass is 9.94. The van der Waals surface area contributed by atoms with Gasteiger partial charge in [-0.2, -0.15) is 4.31 Å². The van der Waals surface area contributed by atoms with Crippen molar-refractivity contribution < 1.29 is 22.3 Å². The summed E-state index contributed by atoms with van der Waals surface area (Å²) in [6, 6.07) is 3.47. The molecule has 27 heavy (non-hydrogen) atoms. The number of methoxy groups -OCH3 is 1. The van der Waals surface area contributed by atoms with Crippen molar-refractivity contribution in [1.82, 2.24) is 9.21 Å². The van der Waals surface area contributed by atoms with Gasteiger partial charge in [-0.15, -0.1) is 0 Å². The molecule has 2 atom stereocenters. The molecule has 0 aliphatic carbocycles. The predicted octanol–water partition coefficient (Wildman–Crippen LogP) is 2.49. The van der Waals surface area contributed by atoms with Crippen LogP contribution in [0.1, 0.15) is 33.1 Å². The van der Waals surface area contributed by atoms with E-state index >= 15 is 0 Å². The number of carbonyl (C=O) groups excluding carboxylic acids is 1. The second kappa shape index (κ2) is 7.75. The number of nitrogens with zero attached hydrogens (tertiary/aromatic N) is 2. The number of ether oxygens (including phenoxy) is 1. The van der Waals surface area contributed by atoms with Crippen LogP contribution in [0.4, 0.5) is 4.39 Å². The van der Waals surface area contributed by atoms with Gasteiger partial charge < -0.3 is 9.64 Å². The lowest BCUT2D eigenvalue weighted by Gasteiger charge is -2.35. The predicted molar refractivity (Wildman–Crippen MR) is 99.4 cm³/mol. The fourth-order valence-corrected chi connectivity index (χ4v) is 5.79. The lowest BCUT2D eigenvalue weighted by molar-refractivity contribution is -0.131. The van der Waals surface area contributed by atoms with Gasteiger partial charge in [-0.25, -0.2) is 12.8 Å². The number of fused-ring (bicyclic) bond motifs is 1. The average Bonchev–Trinajstić information content (AvgIpc) is 3.05. The highest BCUT2D eigenvalue weighted by atomic mass is 32.2. The first-order valence-corrected chi connectivity index (χ1v) is 10.8. The Kier molecular flexibility index (Phi) is 5.76. The minimum absolute atomic E-state index is 0.0109. The van der Waals surface area contributed by atoms with E-state index in [0.717, 1.165) is 18.9 Å². The van der Waals surface area contributed by atoms with Crippen LogP contribution >= 0.6 is 0 Å². The van der Waals surface area contributed by atoms with Crippen molar-refractivity contribution in [1.29, 1.82) is 0 Å². The van der Waals surface area contributed by atoms with Gasteiger partial charge in [-0.1, -0.05) is 13.8 Å². The average molecular weight is 399 g/mol. The first-order valence-electron chi connectivity index (χ1n) is 9.37. The normalized spacial score (nSPS) is 23.5. The van der Waals surface area contributed by atoms with E-state index in [4.69, 9.17) is 4.74 Å². The Morgan fingerprint density at radius 1 is 1.33 bits per heavy atom. The third-order valence-corrected chi connectivity index (χ3v) is 7.32. The number of hydrogen-bond donors (Lipinski definition) is 0. The van der Waals surface area contributed by atoms with E-state index < -0.39 is 15.8 Å². The van der Waals surface area contributed by atoms with Crippen LogP contribution in [-0.4, -0.2) is 56.3 Å². The minimum atomic E-state index is -3.84. The summed E-state index contributed by atoms with van der Waals surface area (Å²) in [5, 5.41) is 0. The molecule has 150 valence electrons. The Bertz CT molecular complexity index is 812. The first-order chi connectivity index (χ1) is 12.7. The van der Waals surface area contributed by atoms with Crippen molar-refractivity contribution in [2.24, 2.45) is 11.8 Å². The summed E-state index contributed by atoms with van der Waals surface area (Å²) in [5.74, 6) is -0.216. The van der Waals surface area contributed by atoms with Crippen molar-refractivity contribution >= 4 is 15.9 Å². The fraction of sp³-hybridized carbons (Fsp3) is 0.632. The van der Waals surface area contributed by atoms with Crippen LogP contribution < -0.4 is 4.74 Å². The molecule has 0 radical (unpaired) electrons. The number of rotatable bonds is 5. The molecule has 6 nitrogen and oxygen atoms in total. The largest absolute Gasteiger partial charge is 0.494 e. The van der Waals surface area contributed by atoms with Crippen molar-refractivity contribution in [3.05, 3.63) is 24.0 Å². The number of sulfonamides is 1. The van der Waals surface area contributed by atoms with Gasteiger partial charge in [0.2, 0.25) is 15.9 Å². The highest BCUT2D eigenvalue weighted by molar-refractivity contribution is 7.89. The number of hydrogen-bond acceptors (Lipinski definition) is 4. The van der Waals surface area contributed by atoms with Crippen LogP contribution in [0.25, 0.3) is 0 Å². The Labute approximate surface area is 160 Å². The number of carbonyl (C=O) groups is 1. The lowest BCUT2D eigenvalue weighted by Crippen LogP contribution is -2.48. The second-order valence-corrected chi connectivity index (χ2v) is 9.67. The minimum Gasteiger partial charge on any atom is -0.494 e. The first kappa shape index (κ1) is 20.1. The van der Waals surface area contributed by atoms with Gasteiger partial charge in [-0.05, 0) is 42.9 Å². The maximum atomic E-state index is 14.0. The number of piperidine rings is 1. The molecule has 0 N–H and O–H groups in total. The maximum absolute atomic E-state index is 14.0. The number of halogens is 1. The van der Waals surface area contributed by atoms with E-state index in [1.807, 2.05) is 13.8 Å². The highest BCUT2D eigenvalue weighted by Crippen LogP contribution is 2.35. The molecule has 0 spiro atoms. The monoisotopic (exact) mass is 398 g/mol. The smallest absolute Gasteiger partial charge is 0.243 e. The second-order valence-electron chi connectivity index (χ2n) is 7.78. The van der Waals surface area contributed by atoms with Gasteiger partial charge in [0.25, 0.3) is 0 Å². The molecule has 2 aliphatic rings. The van der Waals surface area contributed by atoms with Crippen molar-refractivity contribution in [3.8, 4) is 5.75 Å². The SMILES string of the molecule is COc1ccc(S(=O)(=O)N2CCC[C@@H]3CN(C(=O)CC(C)C)C[C@@H]32)cc1F. The van der Waals surface area contributed by atoms with Crippen LogP contribution in [0.2, 0.25) is 0 Å². The Balaban J connectivity index is 1.83. The highest BCUT2D eigenvalue weighted by Gasteiger charge is 2.45. The molecule has 3 rings (SSSR count). The summed E-state index contributed by atoms with van der Waals surface area (Å²) in [5.41, 5.74) is 0. The van der Waals surface area contributed by atoms with Crippen LogP contribution in [0.5, 0.6) is 5.75 Å². The maximum Gasteiger partial charge on any atom is 0.243 e. The van der Waals surface area contributed by atoms with Crippen LogP contribution in [-0.2, 0) is 14.8 Å². The fourth-order valence-electron chi connectivity index (χ4n) is 4.06. The van der Waals surface area contributed by atoms with E-state index in [9.17, 15) is 17.6 Å². The van der Waals surface area contributed by atoms with Gasteiger partial charge in [0.1, 0.15) is 0 Å². The molecule has 0 unspecified atom stereocenters. The molecule has 2 aliphatic heterocycles. The molecule has 0 bridgehead atoms. The molecule has 1 amide bonds. The molecule has 1 aromatic rings. The molecule has 2 heterocycles. The summed E-state index contributed by atoms with van der Waals surface area (Å²) in [7, 11) is -2.50. The molecule has 0 saturated carbocycles. The summed E-state index contributed by atoms with van der Waals surface area (Å²) >= 11 is 0. The van der Waals surface area contributed by atoms with Gasteiger partial charge >= 0.3 is 0 Å². The van der Waals surface area contributed by atoms with Crippen molar-refractivity contribution in [3.63, 3.8) is 0 Å². The Hall–Kier alpha value is -1.67. The summed E-state index contributed by atoms with van der Waals surface area (Å²) < 4.78 is 46.7. The number of likely N-dealkylation sites (tertiary alicyclic amines) is 1. The molecular weight excluding hydrogens is 371 g/mol. The van der Waals surface area contributed by atoms with E-state index in [0.29, 0.717) is 26.1 Å². The topological polar surface area (TPSA) is 66.9 Å². The standard InChI is InChI=1S/C19H27FN2O4S/c1-13(2)9-19(23)21-11-14-5-4-8-22(17(14)12-21)27(24,25)15-6-7-18(26-3)16(20)10-15/h6-7,10,13-14,17H,4-5,8-9,11-12H2,1-3H3/t14-,17+/m1/s1. The van der Waals surface area contributed by atoms with Crippen molar-refractivity contribution in [2.75, 3.05) is 26.7 Å². The van der Waals surface area contributed by atoms with E-state index in [1.54, 1.807) is 4.90 Å². The van der Waals surface area contributed by atoms with Crippen LogP contribution in [0, 0.1) is 17.7 Å². The van der Waals surface area contributed by atoms with Gasteiger partial charge in [0.05, 0.1) is 12.0 Å². The van der Waals surface area contributed by atoms with Crippen LogP contribution in [0.3, 0.4) is 0 Å². The summed E-state index contributed by atoms with van der Waals surface area (Å²) in [6.07, 6.45) is 2.11. The molecule has 0 aromatic heterocycles. The zero-order valence-electron chi connectivity index (χ0n) is 16.0. The third-order valence-electron chi connectivity index (χ3n) is 5.40. The third kappa shape index (κ3) is 3.96. The Morgan fingerprint density at radius 2 is 2.07 bits per heavy atom. The Morgan fingerprint density at radius 3 is 2.70 bits per heavy atom. The van der Waals surface area contributed by atoms with Gasteiger partial charge in [0, 0.05) is 32.1 Å². The zero-order chi connectivity index (χ0) is 19.8. The quantitative estimate of drug-likeness (QED) is 0.764. The zero-order valence-corrected chi connectivity index (χ0v) is 16.8. The molecule has 2 fully saturated rings. The molecule has 1 aromatic carbocycles. The van der Waals surface area contributed by atoms with Gasteiger partial charge in [-0.3, -0.25) is 4.79 Å². The summed E-state index contributed by atoms with van der Waals surface area (Å²) in [4.78, 5) is 14.1. The number of amides is 1. The molecule has 8 heteroatoms.